The van der Waals surface area contributed by atoms with Crippen molar-refractivity contribution < 1.29 is 22.6 Å². The predicted molar refractivity (Wildman–Crippen MR) is 69.6 cm³/mol. The normalized spacial score (nSPS) is 16.1. The number of alkyl halides is 3. The van der Waals surface area contributed by atoms with Gasteiger partial charge in [-0.15, -0.1) is 0 Å². The van der Waals surface area contributed by atoms with Crippen LogP contribution in [0.3, 0.4) is 0 Å². The monoisotopic (exact) mass is 290 g/mol. The van der Waals surface area contributed by atoms with Gasteiger partial charge in [-0.05, 0) is 12.1 Å². The molecule has 20 heavy (non-hydrogen) atoms. The lowest BCUT2D eigenvalue weighted by Gasteiger charge is -2.30. The van der Waals surface area contributed by atoms with Crippen LogP contribution < -0.4 is 19.7 Å². The summed E-state index contributed by atoms with van der Waals surface area (Å²) in [7, 11) is 1.54. The Morgan fingerprint density at radius 1 is 1.25 bits per heavy atom. The molecule has 0 aliphatic carbocycles. The Labute approximate surface area is 115 Å². The number of methoxy groups -OCH3 is 1. The number of hydrogen-bond donors (Lipinski definition) is 1. The second-order valence-electron chi connectivity index (χ2n) is 4.47. The van der Waals surface area contributed by atoms with Crippen LogP contribution in [0, 0.1) is 0 Å². The molecule has 0 spiro atoms. The maximum Gasteiger partial charge on any atom is 0.422 e. The molecule has 4 nitrogen and oxygen atoms in total. The van der Waals surface area contributed by atoms with Gasteiger partial charge in [0.05, 0.1) is 12.8 Å². The first-order chi connectivity index (χ1) is 9.49. The van der Waals surface area contributed by atoms with Crippen molar-refractivity contribution in [1.82, 2.24) is 5.32 Å². The zero-order valence-corrected chi connectivity index (χ0v) is 11.2. The average molecular weight is 290 g/mol. The molecule has 112 valence electrons. The van der Waals surface area contributed by atoms with Gasteiger partial charge >= 0.3 is 6.18 Å². The van der Waals surface area contributed by atoms with E-state index < -0.39 is 12.8 Å². The van der Waals surface area contributed by atoms with Crippen molar-refractivity contribution >= 4 is 5.69 Å². The second kappa shape index (κ2) is 6.21. The van der Waals surface area contributed by atoms with Crippen LogP contribution >= 0.6 is 0 Å². The number of nitrogens with one attached hydrogen (secondary N) is 1. The first-order valence-electron chi connectivity index (χ1n) is 6.33. The molecule has 1 fully saturated rings. The molecule has 0 bridgehead atoms. The largest absolute Gasteiger partial charge is 0.495 e. The van der Waals surface area contributed by atoms with Gasteiger partial charge in [-0.3, -0.25) is 0 Å². The molecule has 1 heterocycles. The number of anilines is 1. The van der Waals surface area contributed by atoms with Crippen LogP contribution in [0.15, 0.2) is 18.2 Å². The summed E-state index contributed by atoms with van der Waals surface area (Å²) in [5.74, 6) is 0.822. The number of benzene rings is 1. The molecule has 1 aliphatic heterocycles. The Morgan fingerprint density at radius 2 is 1.95 bits per heavy atom. The summed E-state index contributed by atoms with van der Waals surface area (Å²) in [4.78, 5) is 2.07. The molecule has 1 aromatic carbocycles. The number of nitrogens with zero attached hydrogens (tertiary/aromatic N) is 1. The van der Waals surface area contributed by atoms with Crippen LogP contribution in [0.2, 0.25) is 0 Å². The Kier molecular flexibility index (Phi) is 4.59. The van der Waals surface area contributed by atoms with Gasteiger partial charge in [-0.2, -0.15) is 13.2 Å². The highest BCUT2D eigenvalue weighted by molar-refractivity contribution is 5.62. The molecule has 1 aromatic rings. The summed E-state index contributed by atoms with van der Waals surface area (Å²) < 4.78 is 46.6. The highest BCUT2D eigenvalue weighted by Gasteiger charge is 2.28. The van der Waals surface area contributed by atoms with Crippen molar-refractivity contribution in [2.24, 2.45) is 0 Å². The molecule has 2 rings (SSSR count). The van der Waals surface area contributed by atoms with Crippen molar-refractivity contribution in [3.8, 4) is 11.5 Å². The number of piperazine rings is 1. The van der Waals surface area contributed by atoms with Crippen LogP contribution in [-0.4, -0.2) is 46.1 Å². The van der Waals surface area contributed by atoms with E-state index in [4.69, 9.17) is 9.47 Å². The van der Waals surface area contributed by atoms with Gasteiger partial charge < -0.3 is 19.7 Å². The molecule has 1 saturated heterocycles. The Balaban J connectivity index is 2.15. The fourth-order valence-corrected chi connectivity index (χ4v) is 2.08. The van der Waals surface area contributed by atoms with Crippen LogP contribution in [0.4, 0.5) is 18.9 Å². The molecule has 1 aliphatic rings. The molecule has 0 unspecified atom stereocenters. The maximum atomic E-state index is 12.2. The number of hydrogen-bond acceptors (Lipinski definition) is 4. The first kappa shape index (κ1) is 14.8. The molecule has 0 aromatic heterocycles. The standard InChI is InChI=1S/C13H17F3N2O2/c1-19-12-3-2-10(20-9-13(14,15)16)8-11(12)18-6-4-17-5-7-18/h2-3,8,17H,4-7,9H2,1H3. The van der Waals surface area contributed by atoms with E-state index in [-0.39, 0.29) is 5.75 Å². The van der Waals surface area contributed by atoms with E-state index in [9.17, 15) is 13.2 Å². The van der Waals surface area contributed by atoms with Crippen LogP contribution in [0.1, 0.15) is 0 Å². The molecule has 0 amide bonds. The average Bonchev–Trinajstić information content (AvgIpc) is 2.45. The summed E-state index contributed by atoms with van der Waals surface area (Å²) in [5, 5.41) is 3.22. The Morgan fingerprint density at radius 3 is 2.55 bits per heavy atom. The van der Waals surface area contributed by atoms with Crippen molar-refractivity contribution in [2.45, 2.75) is 6.18 Å². The van der Waals surface area contributed by atoms with E-state index >= 15 is 0 Å². The molecule has 0 saturated carbocycles. The SMILES string of the molecule is COc1ccc(OCC(F)(F)F)cc1N1CCNCC1. The van der Waals surface area contributed by atoms with Gasteiger partial charge in [-0.1, -0.05) is 0 Å². The van der Waals surface area contributed by atoms with E-state index in [0.29, 0.717) is 5.75 Å². The summed E-state index contributed by atoms with van der Waals surface area (Å²) in [6, 6.07) is 4.70. The number of rotatable bonds is 4. The smallest absolute Gasteiger partial charge is 0.422 e. The third-order valence-electron chi connectivity index (χ3n) is 3.01. The lowest BCUT2D eigenvalue weighted by Crippen LogP contribution is -2.43. The minimum absolute atomic E-state index is 0.191. The Hall–Kier alpha value is -1.63. The second-order valence-corrected chi connectivity index (χ2v) is 4.47. The molecule has 0 radical (unpaired) electrons. The van der Waals surface area contributed by atoms with Gasteiger partial charge in [-0.25, -0.2) is 0 Å². The molecule has 7 heteroatoms. The summed E-state index contributed by atoms with van der Waals surface area (Å²) in [5.41, 5.74) is 0.758. The number of ether oxygens (including phenoxy) is 2. The summed E-state index contributed by atoms with van der Waals surface area (Å²) in [6.45, 7) is 1.92. The maximum absolute atomic E-state index is 12.2. The van der Waals surface area contributed by atoms with Gasteiger partial charge in [0.25, 0.3) is 0 Å². The molecular weight excluding hydrogens is 273 g/mol. The molecular formula is C13H17F3N2O2. The number of halogens is 3. The van der Waals surface area contributed by atoms with Crippen LogP contribution in [0.5, 0.6) is 11.5 Å². The lowest BCUT2D eigenvalue weighted by molar-refractivity contribution is -0.153. The highest BCUT2D eigenvalue weighted by Crippen LogP contribution is 2.33. The van der Waals surface area contributed by atoms with Crippen molar-refractivity contribution in [2.75, 3.05) is 44.8 Å². The minimum Gasteiger partial charge on any atom is -0.495 e. The molecule has 1 N–H and O–H groups in total. The molecule has 0 atom stereocenters. The minimum atomic E-state index is -4.34. The topological polar surface area (TPSA) is 33.7 Å². The van der Waals surface area contributed by atoms with E-state index in [1.165, 1.54) is 13.2 Å². The van der Waals surface area contributed by atoms with Gasteiger partial charge in [0, 0.05) is 32.2 Å². The fraction of sp³-hybridized carbons (Fsp3) is 0.538. The van der Waals surface area contributed by atoms with Gasteiger partial charge in [0.1, 0.15) is 11.5 Å². The first-order valence-corrected chi connectivity index (χ1v) is 6.33. The predicted octanol–water partition coefficient (Wildman–Crippen LogP) is 2.05. The highest BCUT2D eigenvalue weighted by atomic mass is 19.4. The van der Waals surface area contributed by atoms with Gasteiger partial charge in [0.15, 0.2) is 6.61 Å². The third kappa shape index (κ3) is 3.93. The van der Waals surface area contributed by atoms with E-state index in [1.807, 2.05) is 0 Å². The fourth-order valence-electron chi connectivity index (χ4n) is 2.08. The van der Waals surface area contributed by atoms with Crippen LogP contribution in [0.25, 0.3) is 0 Å². The van der Waals surface area contributed by atoms with Crippen LogP contribution in [-0.2, 0) is 0 Å². The Bertz CT molecular complexity index is 446. The van der Waals surface area contributed by atoms with Crippen molar-refractivity contribution in [1.29, 1.82) is 0 Å². The third-order valence-corrected chi connectivity index (χ3v) is 3.01. The zero-order chi connectivity index (χ0) is 14.6. The quantitative estimate of drug-likeness (QED) is 0.920. The van der Waals surface area contributed by atoms with E-state index in [1.54, 1.807) is 12.1 Å². The summed E-state index contributed by atoms with van der Waals surface area (Å²) in [6.07, 6.45) is -4.34. The zero-order valence-electron chi connectivity index (χ0n) is 11.2. The van der Waals surface area contributed by atoms with Crippen molar-refractivity contribution in [3.63, 3.8) is 0 Å². The van der Waals surface area contributed by atoms with E-state index in [2.05, 4.69) is 10.2 Å². The van der Waals surface area contributed by atoms with E-state index in [0.717, 1.165) is 31.9 Å². The van der Waals surface area contributed by atoms with Gasteiger partial charge in [0.2, 0.25) is 0 Å². The van der Waals surface area contributed by atoms with Crippen molar-refractivity contribution in [3.05, 3.63) is 18.2 Å². The lowest BCUT2D eigenvalue weighted by atomic mass is 10.2. The summed E-state index contributed by atoms with van der Waals surface area (Å²) >= 11 is 0.